The van der Waals surface area contributed by atoms with Crippen LogP contribution >= 0.6 is 0 Å². The Morgan fingerprint density at radius 3 is 2.64 bits per heavy atom. The fraction of sp³-hybridized carbons (Fsp3) is 0.529. The average Bonchev–Trinajstić information content (AvgIpc) is 2.97. The highest BCUT2D eigenvalue weighted by molar-refractivity contribution is 6.04. The van der Waals surface area contributed by atoms with Gasteiger partial charge in [-0.2, -0.15) is 0 Å². The Labute approximate surface area is 129 Å². The molecule has 2 aliphatic rings. The van der Waals surface area contributed by atoms with Gasteiger partial charge in [-0.15, -0.1) is 0 Å². The standard InChI is InChI=1S/C17H21FN2O2/c1-11-6-5-7-12(2)20(11)17(21)16-10-15(19-22-16)13-8-3-4-9-14(13)18/h3-4,8-9,11-12,16H,5-7,10H2,1-2H3/t11-,12-,16-/m0/s1. The summed E-state index contributed by atoms with van der Waals surface area (Å²) in [5.74, 6) is -0.368. The van der Waals surface area contributed by atoms with E-state index in [4.69, 9.17) is 4.84 Å². The summed E-state index contributed by atoms with van der Waals surface area (Å²) in [5.41, 5.74) is 0.923. The van der Waals surface area contributed by atoms with Crippen LogP contribution in [0.4, 0.5) is 4.39 Å². The maximum atomic E-state index is 13.8. The van der Waals surface area contributed by atoms with Crippen molar-refractivity contribution in [2.75, 3.05) is 0 Å². The maximum absolute atomic E-state index is 13.8. The predicted octanol–water partition coefficient (Wildman–Crippen LogP) is 3.11. The first kappa shape index (κ1) is 15.0. The summed E-state index contributed by atoms with van der Waals surface area (Å²) in [4.78, 5) is 19.9. The van der Waals surface area contributed by atoms with Gasteiger partial charge in [0, 0.05) is 24.1 Å². The molecule has 3 atom stereocenters. The number of benzene rings is 1. The lowest BCUT2D eigenvalue weighted by Gasteiger charge is -2.39. The lowest BCUT2D eigenvalue weighted by atomic mass is 9.95. The van der Waals surface area contributed by atoms with E-state index in [2.05, 4.69) is 19.0 Å². The molecule has 5 heteroatoms. The zero-order valence-electron chi connectivity index (χ0n) is 13.0. The second-order valence-corrected chi connectivity index (χ2v) is 6.19. The molecule has 0 radical (unpaired) electrons. The van der Waals surface area contributed by atoms with Crippen molar-refractivity contribution < 1.29 is 14.0 Å². The molecule has 0 aliphatic carbocycles. The van der Waals surface area contributed by atoms with Gasteiger partial charge in [-0.05, 0) is 39.2 Å². The average molecular weight is 304 g/mol. The molecule has 1 aromatic rings. The van der Waals surface area contributed by atoms with Gasteiger partial charge in [-0.3, -0.25) is 4.79 Å². The first-order valence-electron chi connectivity index (χ1n) is 7.87. The van der Waals surface area contributed by atoms with Gasteiger partial charge < -0.3 is 9.74 Å². The molecule has 4 nitrogen and oxygen atoms in total. The molecule has 1 aromatic carbocycles. The van der Waals surface area contributed by atoms with Gasteiger partial charge in [-0.1, -0.05) is 23.4 Å². The van der Waals surface area contributed by atoms with Crippen LogP contribution in [0.1, 0.15) is 45.1 Å². The van der Waals surface area contributed by atoms with Crippen molar-refractivity contribution >= 4 is 11.6 Å². The Bertz CT molecular complexity index is 592. The van der Waals surface area contributed by atoms with E-state index >= 15 is 0 Å². The van der Waals surface area contributed by atoms with E-state index in [1.807, 2.05) is 4.90 Å². The molecule has 0 aromatic heterocycles. The number of likely N-dealkylation sites (tertiary alicyclic amines) is 1. The number of hydrogen-bond acceptors (Lipinski definition) is 3. The van der Waals surface area contributed by atoms with Crippen LogP contribution in [-0.4, -0.2) is 34.7 Å². The minimum Gasteiger partial charge on any atom is -0.382 e. The SMILES string of the molecule is C[C@H]1CCC[C@H](C)N1C(=O)[C@@H]1CC(c2ccccc2F)=NO1. The number of hydrogen-bond donors (Lipinski definition) is 0. The van der Waals surface area contributed by atoms with Crippen LogP contribution in [0.3, 0.4) is 0 Å². The minimum atomic E-state index is -0.627. The highest BCUT2D eigenvalue weighted by Gasteiger charge is 2.38. The number of oxime groups is 1. The first-order chi connectivity index (χ1) is 10.6. The molecule has 3 rings (SSSR count). The van der Waals surface area contributed by atoms with E-state index < -0.39 is 6.10 Å². The predicted molar refractivity (Wildman–Crippen MR) is 82.0 cm³/mol. The first-order valence-corrected chi connectivity index (χ1v) is 7.87. The third-order valence-electron chi connectivity index (χ3n) is 4.58. The quantitative estimate of drug-likeness (QED) is 0.842. The van der Waals surface area contributed by atoms with E-state index in [-0.39, 0.29) is 23.8 Å². The number of nitrogens with zero attached hydrogens (tertiary/aromatic N) is 2. The maximum Gasteiger partial charge on any atom is 0.267 e. The van der Waals surface area contributed by atoms with E-state index in [0.29, 0.717) is 17.7 Å². The second-order valence-electron chi connectivity index (χ2n) is 6.19. The molecular weight excluding hydrogens is 283 g/mol. The van der Waals surface area contributed by atoms with Crippen LogP contribution < -0.4 is 0 Å². The minimum absolute atomic E-state index is 0.0326. The van der Waals surface area contributed by atoms with E-state index in [9.17, 15) is 9.18 Å². The lowest BCUT2D eigenvalue weighted by Crippen LogP contribution is -2.51. The Balaban J connectivity index is 1.71. The highest BCUT2D eigenvalue weighted by Crippen LogP contribution is 2.27. The van der Waals surface area contributed by atoms with Crippen molar-refractivity contribution in [3.63, 3.8) is 0 Å². The van der Waals surface area contributed by atoms with Crippen molar-refractivity contribution in [2.24, 2.45) is 5.16 Å². The van der Waals surface area contributed by atoms with Crippen LogP contribution in [0.5, 0.6) is 0 Å². The Kier molecular flexibility index (Phi) is 4.14. The number of carbonyl (C=O) groups is 1. The summed E-state index contributed by atoms with van der Waals surface area (Å²) >= 11 is 0. The summed E-state index contributed by atoms with van der Waals surface area (Å²) in [7, 11) is 0. The van der Waals surface area contributed by atoms with E-state index in [1.165, 1.54) is 6.07 Å². The van der Waals surface area contributed by atoms with Gasteiger partial charge in [0.1, 0.15) is 5.82 Å². The van der Waals surface area contributed by atoms with Crippen LogP contribution in [0.25, 0.3) is 0 Å². The normalized spacial score (nSPS) is 28.2. The number of carbonyl (C=O) groups excluding carboxylic acids is 1. The molecule has 1 saturated heterocycles. The molecule has 22 heavy (non-hydrogen) atoms. The Morgan fingerprint density at radius 2 is 1.95 bits per heavy atom. The fourth-order valence-corrected chi connectivity index (χ4v) is 3.39. The summed E-state index contributed by atoms with van der Waals surface area (Å²) < 4.78 is 13.8. The molecule has 1 amide bonds. The van der Waals surface area contributed by atoms with Crippen molar-refractivity contribution in [1.82, 2.24) is 4.90 Å². The summed E-state index contributed by atoms with van der Waals surface area (Å²) in [6.07, 6.45) is 2.88. The summed E-state index contributed by atoms with van der Waals surface area (Å²) in [5, 5.41) is 3.94. The number of rotatable bonds is 2. The second kappa shape index (κ2) is 6.07. The topological polar surface area (TPSA) is 41.9 Å². The Morgan fingerprint density at radius 1 is 1.27 bits per heavy atom. The number of amides is 1. The zero-order chi connectivity index (χ0) is 15.7. The van der Waals surface area contributed by atoms with Gasteiger partial charge in [0.15, 0.2) is 0 Å². The van der Waals surface area contributed by atoms with Crippen LogP contribution in [0, 0.1) is 5.82 Å². The molecule has 0 N–H and O–H groups in total. The molecule has 2 aliphatic heterocycles. The smallest absolute Gasteiger partial charge is 0.267 e. The summed E-state index contributed by atoms with van der Waals surface area (Å²) in [6, 6.07) is 6.88. The van der Waals surface area contributed by atoms with Crippen molar-refractivity contribution in [1.29, 1.82) is 0 Å². The molecule has 0 saturated carbocycles. The zero-order valence-corrected chi connectivity index (χ0v) is 13.0. The van der Waals surface area contributed by atoms with Crippen molar-refractivity contribution in [3.05, 3.63) is 35.6 Å². The van der Waals surface area contributed by atoms with Gasteiger partial charge in [0.25, 0.3) is 5.91 Å². The van der Waals surface area contributed by atoms with Gasteiger partial charge in [-0.25, -0.2) is 4.39 Å². The third-order valence-corrected chi connectivity index (χ3v) is 4.58. The molecule has 1 fully saturated rings. The van der Waals surface area contributed by atoms with Crippen molar-refractivity contribution in [2.45, 2.75) is 57.7 Å². The molecule has 0 bridgehead atoms. The molecule has 118 valence electrons. The number of halogens is 1. The monoisotopic (exact) mass is 304 g/mol. The fourth-order valence-electron chi connectivity index (χ4n) is 3.39. The van der Waals surface area contributed by atoms with Crippen molar-refractivity contribution in [3.8, 4) is 0 Å². The third kappa shape index (κ3) is 2.72. The largest absolute Gasteiger partial charge is 0.382 e. The summed E-state index contributed by atoms with van der Waals surface area (Å²) in [6.45, 7) is 4.14. The highest BCUT2D eigenvalue weighted by atomic mass is 19.1. The van der Waals surface area contributed by atoms with Gasteiger partial charge >= 0.3 is 0 Å². The van der Waals surface area contributed by atoms with Crippen LogP contribution in [0.15, 0.2) is 29.4 Å². The molecule has 0 spiro atoms. The van der Waals surface area contributed by atoms with Crippen LogP contribution in [0.2, 0.25) is 0 Å². The van der Waals surface area contributed by atoms with Crippen LogP contribution in [-0.2, 0) is 9.63 Å². The van der Waals surface area contributed by atoms with E-state index in [1.54, 1.807) is 18.2 Å². The van der Waals surface area contributed by atoms with Gasteiger partial charge in [0.2, 0.25) is 6.10 Å². The molecule has 2 heterocycles. The van der Waals surface area contributed by atoms with E-state index in [0.717, 1.165) is 19.3 Å². The van der Waals surface area contributed by atoms with Gasteiger partial charge in [0.05, 0.1) is 5.71 Å². The molecule has 0 unspecified atom stereocenters. The Hall–Kier alpha value is -1.91. The lowest BCUT2D eigenvalue weighted by molar-refractivity contribution is -0.148. The molecular formula is C17H21FN2O2. The number of piperidine rings is 1.